The van der Waals surface area contributed by atoms with Gasteiger partial charge in [0.2, 0.25) is 5.91 Å². The normalized spacial score (nSPS) is 11.1. The summed E-state index contributed by atoms with van der Waals surface area (Å²) in [5, 5.41) is 2.82. The van der Waals surface area contributed by atoms with Gasteiger partial charge < -0.3 is 10.2 Å². The maximum Gasteiger partial charge on any atom is 0.236 e. The van der Waals surface area contributed by atoms with Crippen LogP contribution in [0.5, 0.6) is 0 Å². The summed E-state index contributed by atoms with van der Waals surface area (Å²) in [4.78, 5) is 16.3. The Balaban J connectivity index is 3.26. The highest BCUT2D eigenvalue weighted by Gasteiger charge is 2.01. The first-order valence-corrected chi connectivity index (χ1v) is 5.63. The fraction of sp³-hybridized carbons (Fsp3) is 0.909. The molecule has 0 unspecified atom stereocenters. The van der Waals surface area contributed by atoms with Gasteiger partial charge in [0, 0.05) is 6.54 Å². The highest BCUT2D eigenvalue weighted by atomic mass is 16.6. The third-order valence-electron chi connectivity index (χ3n) is 1.80. The van der Waals surface area contributed by atoms with E-state index in [1.807, 2.05) is 0 Å². The van der Waals surface area contributed by atoms with E-state index in [1.165, 1.54) is 0 Å². The average Bonchev–Trinajstić information content (AvgIpc) is 2.11. The van der Waals surface area contributed by atoms with Gasteiger partial charge in [-0.2, -0.15) is 5.48 Å². The van der Waals surface area contributed by atoms with Crippen LogP contribution in [0.1, 0.15) is 34.1 Å². The van der Waals surface area contributed by atoms with E-state index in [1.54, 1.807) is 0 Å². The van der Waals surface area contributed by atoms with Crippen LogP contribution >= 0.6 is 0 Å². The third-order valence-corrected chi connectivity index (χ3v) is 1.80. The van der Waals surface area contributed by atoms with Gasteiger partial charge in [-0.1, -0.05) is 27.7 Å². The zero-order valence-corrected chi connectivity index (χ0v) is 10.3. The molecular formula is C11H24N2O2. The molecule has 0 radical (unpaired) electrons. The van der Waals surface area contributed by atoms with E-state index in [4.69, 9.17) is 4.84 Å². The molecule has 0 aromatic heterocycles. The van der Waals surface area contributed by atoms with Crippen LogP contribution in [-0.4, -0.2) is 25.6 Å². The molecule has 4 heteroatoms. The molecular weight excluding hydrogens is 192 g/mol. The SMILES string of the molecule is CC(C)CCNC(=O)CNOCC(C)C. The Morgan fingerprint density at radius 2 is 1.87 bits per heavy atom. The fourth-order valence-corrected chi connectivity index (χ4v) is 0.905. The third kappa shape index (κ3) is 11.3. The molecule has 2 N–H and O–H groups in total. The first-order valence-electron chi connectivity index (χ1n) is 5.63. The van der Waals surface area contributed by atoms with E-state index in [0.717, 1.165) is 13.0 Å². The van der Waals surface area contributed by atoms with Crippen molar-refractivity contribution >= 4 is 5.91 Å². The molecule has 0 aliphatic rings. The summed E-state index contributed by atoms with van der Waals surface area (Å²) in [5.41, 5.74) is 2.64. The van der Waals surface area contributed by atoms with E-state index < -0.39 is 0 Å². The summed E-state index contributed by atoms with van der Waals surface area (Å²) < 4.78 is 0. The molecule has 4 nitrogen and oxygen atoms in total. The van der Waals surface area contributed by atoms with Gasteiger partial charge in [-0.15, -0.1) is 0 Å². The van der Waals surface area contributed by atoms with Crippen LogP contribution < -0.4 is 10.8 Å². The van der Waals surface area contributed by atoms with E-state index in [9.17, 15) is 4.79 Å². The second-order valence-corrected chi connectivity index (χ2v) is 4.56. The number of hydroxylamine groups is 1. The predicted octanol–water partition coefficient (Wildman–Crippen LogP) is 1.33. The molecule has 0 heterocycles. The molecule has 0 spiro atoms. The van der Waals surface area contributed by atoms with Crippen molar-refractivity contribution in [1.82, 2.24) is 10.8 Å². The van der Waals surface area contributed by atoms with Crippen LogP contribution in [0.25, 0.3) is 0 Å². The maximum atomic E-state index is 11.2. The number of hydrogen-bond donors (Lipinski definition) is 2. The van der Waals surface area contributed by atoms with Gasteiger partial charge >= 0.3 is 0 Å². The van der Waals surface area contributed by atoms with Crippen molar-refractivity contribution < 1.29 is 9.63 Å². The molecule has 0 aliphatic carbocycles. The molecule has 90 valence electrons. The van der Waals surface area contributed by atoms with E-state index in [2.05, 4.69) is 38.5 Å². The lowest BCUT2D eigenvalue weighted by molar-refractivity contribution is -0.123. The quantitative estimate of drug-likeness (QED) is 0.475. The van der Waals surface area contributed by atoms with Crippen molar-refractivity contribution in [3.8, 4) is 0 Å². The molecule has 1 amide bonds. The smallest absolute Gasteiger partial charge is 0.236 e. The van der Waals surface area contributed by atoms with Crippen molar-refractivity contribution in [2.45, 2.75) is 34.1 Å². The standard InChI is InChI=1S/C11H24N2O2/c1-9(2)5-6-12-11(14)7-13-15-8-10(3)4/h9-10,13H,5-8H2,1-4H3,(H,12,14). The Morgan fingerprint density at radius 3 is 2.40 bits per heavy atom. The van der Waals surface area contributed by atoms with Gasteiger partial charge in [0.05, 0.1) is 13.2 Å². The van der Waals surface area contributed by atoms with Crippen molar-refractivity contribution in [2.75, 3.05) is 19.7 Å². The number of amides is 1. The number of nitrogens with one attached hydrogen (secondary N) is 2. The molecule has 0 rings (SSSR count). The maximum absolute atomic E-state index is 11.2. The Labute approximate surface area is 92.7 Å². The summed E-state index contributed by atoms with van der Waals surface area (Å²) in [7, 11) is 0. The fourth-order valence-electron chi connectivity index (χ4n) is 0.905. The minimum absolute atomic E-state index is 0.0144. The van der Waals surface area contributed by atoms with Crippen molar-refractivity contribution in [3.63, 3.8) is 0 Å². The molecule has 0 fully saturated rings. The van der Waals surface area contributed by atoms with Crippen LogP contribution in [0.4, 0.5) is 0 Å². The van der Waals surface area contributed by atoms with E-state index >= 15 is 0 Å². The van der Waals surface area contributed by atoms with Crippen LogP contribution in [-0.2, 0) is 9.63 Å². The van der Waals surface area contributed by atoms with Gasteiger partial charge in [-0.3, -0.25) is 4.79 Å². The number of carbonyl (C=O) groups excluding carboxylic acids is 1. The van der Waals surface area contributed by atoms with E-state index in [-0.39, 0.29) is 12.5 Å². The molecule has 0 aliphatic heterocycles. The number of hydrogen-bond acceptors (Lipinski definition) is 3. The van der Waals surface area contributed by atoms with Crippen LogP contribution in [0.2, 0.25) is 0 Å². The van der Waals surface area contributed by atoms with Crippen LogP contribution in [0.15, 0.2) is 0 Å². The van der Waals surface area contributed by atoms with Crippen LogP contribution in [0, 0.1) is 11.8 Å². The Kier molecular flexibility index (Phi) is 8.33. The lowest BCUT2D eigenvalue weighted by atomic mass is 10.1. The second-order valence-electron chi connectivity index (χ2n) is 4.56. The highest BCUT2D eigenvalue weighted by molar-refractivity contribution is 5.77. The minimum atomic E-state index is -0.0144. The summed E-state index contributed by atoms with van der Waals surface area (Å²) in [5.74, 6) is 1.08. The first kappa shape index (κ1) is 14.4. The lowest BCUT2D eigenvalue weighted by Gasteiger charge is -2.09. The Morgan fingerprint density at radius 1 is 1.20 bits per heavy atom. The van der Waals surface area contributed by atoms with Crippen molar-refractivity contribution in [2.24, 2.45) is 11.8 Å². The molecule has 0 atom stereocenters. The first-order chi connectivity index (χ1) is 7.02. The average molecular weight is 216 g/mol. The molecule has 0 saturated carbocycles. The Hall–Kier alpha value is -0.610. The predicted molar refractivity (Wildman–Crippen MR) is 61.3 cm³/mol. The van der Waals surface area contributed by atoms with Gasteiger partial charge in [0.25, 0.3) is 0 Å². The lowest BCUT2D eigenvalue weighted by Crippen LogP contribution is -2.35. The number of carbonyl (C=O) groups is 1. The van der Waals surface area contributed by atoms with Gasteiger partial charge in [-0.05, 0) is 18.3 Å². The highest BCUT2D eigenvalue weighted by Crippen LogP contribution is 1.95. The molecule has 15 heavy (non-hydrogen) atoms. The Bertz CT molecular complexity index is 170. The summed E-state index contributed by atoms with van der Waals surface area (Å²) in [6.45, 7) is 9.98. The van der Waals surface area contributed by atoms with Crippen LogP contribution in [0.3, 0.4) is 0 Å². The number of rotatable bonds is 8. The topological polar surface area (TPSA) is 50.4 Å². The molecule has 0 aromatic carbocycles. The van der Waals surface area contributed by atoms with E-state index in [0.29, 0.717) is 18.4 Å². The zero-order chi connectivity index (χ0) is 11.7. The molecule has 0 aromatic rings. The van der Waals surface area contributed by atoms with Crippen molar-refractivity contribution in [1.29, 1.82) is 0 Å². The van der Waals surface area contributed by atoms with Crippen molar-refractivity contribution in [3.05, 3.63) is 0 Å². The van der Waals surface area contributed by atoms with Gasteiger partial charge in [0.1, 0.15) is 0 Å². The zero-order valence-electron chi connectivity index (χ0n) is 10.3. The minimum Gasteiger partial charge on any atom is -0.355 e. The largest absolute Gasteiger partial charge is 0.355 e. The summed E-state index contributed by atoms with van der Waals surface area (Å²) >= 11 is 0. The molecule has 0 bridgehead atoms. The summed E-state index contributed by atoms with van der Waals surface area (Å²) in [6.07, 6.45) is 1.01. The summed E-state index contributed by atoms with van der Waals surface area (Å²) in [6, 6.07) is 0. The van der Waals surface area contributed by atoms with Gasteiger partial charge in [0.15, 0.2) is 0 Å². The monoisotopic (exact) mass is 216 g/mol. The second kappa shape index (κ2) is 8.68. The van der Waals surface area contributed by atoms with Gasteiger partial charge in [-0.25, -0.2) is 0 Å². The molecule has 0 saturated heterocycles.